The standard InChI is InChI=1S/C23H27F3N2O2/c1-15(2)20(29)13-16(3)17-7-9-18(10-8-17)30-19-11-12-28(14-19)22-6-4-5-21(27-22)23(24,25)26/h4-10,15-16,19H,11-14H2,1-3H3/t16-,19?/m1/s1. The van der Waals surface area contributed by atoms with E-state index in [1.807, 2.05) is 49.9 Å². The van der Waals surface area contributed by atoms with Gasteiger partial charge >= 0.3 is 6.18 Å². The minimum absolute atomic E-state index is 0.0340. The Hall–Kier alpha value is -2.57. The van der Waals surface area contributed by atoms with Gasteiger partial charge in [0.25, 0.3) is 0 Å². The summed E-state index contributed by atoms with van der Waals surface area (Å²) in [6.07, 6.45) is -3.35. The number of halogens is 3. The molecule has 162 valence electrons. The molecular weight excluding hydrogens is 393 g/mol. The first-order valence-corrected chi connectivity index (χ1v) is 10.2. The summed E-state index contributed by atoms with van der Waals surface area (Å²) in [5.74, 6) is 1.45. The summed E-state index contributed by atoms with van der Waals surface area (Å²) in [7, 11) is 0. The van der Waals surface area contributed by atoms with E-state index in [9.17, 15) is 18.0 Å². The lowest BCUT2D eigenvalue weighted by Crippen LogP contribution is -2.25. The number of pyridine rings is 1. The molecule has 0 amide bonds. The van der Waals surface area contributed by atoms with Gasteiger partial charge in [0.2, 0.25) is 0 Å². The monoisotopic (exact) mass is 420 g/mol. The molecule has 1 unspecified atom stereocenters. The number of anilines is 1. The molecule has 0 radical (unpaired) electrons. The molecule has 1 aliphatic rings. The predicted molar refractivity (Wildman–Crippen MR) is 110 cm³/mol. The Morgan fingerprint density at radius 2 is 1.87 bits per heavy atom. The first kappa shape index (κ1) is 22.1. The van der Waals surface area contributed by atoms with Crippen molar-refractivity contribution >= 4 is 11.6 Å². The van der Waals surface area contributed by atoms with Crippen LogP contribution < -0.4 is 9.64 Å². The third-order valence-electron chi connectivity index (χ3n) is 5.40. The number of Topliss-reactive ketones (excluding diaryl/α,β-unsaturated/α-hetero) is 1. The SMILES string of the molecule is CC(C)C(=O)C[C@@H](C)c1ccc(OC2CCN(c3cccc(C(F)(F)F)n3)C2)cc1. The van der Waals surface area contributed by atoms with Crippen molar-refractivity contribution in [3.63, 3.8) is 0 Å². The van der Waals surface area contributed by atoms with Crippen LogP contribution in [0.5, 0.6) is 5.75 Å². The zero-order valence-electron chi connectivity index (χ0n) is 17.4. The Morgan fingerprint density at radius 3 is 2.50 bits per heavy atom. The highest BCUT2D eigenvalue weighted by Crippen LogP contribution is 2.30. The van der Waals surface area contributed by atoms with Gasteiger partial charge in [0, 0.05) is 25.3 Å². The highest BCUT2D eigenvalue weighted by molar-refractivity contribution is 5.81. The van der Waals surface area contributed by atoms with Gasteiger partial charge in [-0.1, -0.05) is 39.0 Å². The van der Waals surface area contributed by atoms with Crippen LogP contribution in [-0.2, 0) is 11.0 Å². The van der Waals surface area contributed by atoms with E-state index in [4.69, 9.17) is 4.74 Å². The average molecular weight is 420 g/mol. The van der Waals surface area contributed by atoms with Crippen LogP contribution in [0.4, 0.5) is 19.0 Å². The molecule has 0 bridgehead atoms. The first-order valence-electron chi connectivity index (χ1n) is 10.2. The summed E-state index contributed by atoms with van der Waals surface area (Å²) in [5, 5.41) is 0. The molecule has 3 rings (SSSR count). The molecule has 0 saturated carbocycles. The number of carbonyl (C=O) groups excluding carboxylic acids is 1. The zero-order valence-corrected chi connectivity index (χ0v) is 17.4. The number of hydrogen-bond acceptors (Lipinski definition) is 4. The summed E-state index contributed by atoms with van der Waals surface area (Å²) in [5.41, 5.74) is 0.197. The second-order valence-electron chi connectivity index (χ2n) is 8.15. The number of hydrogen-bond donors (Lipinski definition) is 0. The smallest absolute Gasteiger partial charge is 0.433 e. The van der Waals surface area contributed by atoms with Crippen LogP contribution in [0.3, 0.4) is 0 Å². The van der Waals surface area contributed by atoms with Crippen LogP contribution in [0.25, 0.3) is 0 Å². The summed E-state index contributed by atoms with van der Waals surface area (Å²) < 4.78 is 44.7. The number of ether oxygens (including phenoxy) is 1. The summed E-state index contributed by atoms with van der Waals surface area (Å²) in [4.78, 5) is 17.5. The molecule has 1 aromatic carbocycles. The van der Waals surface area contributed by atoms with Crippen LogP contribution in [0.15, 0.2) is 42.5 Å². The van der Waals surface area contributed by atoms with Crippen LogP contribution in [0.2, 0.25) is 0 Å². The van der Waals surface area contributed by atoms with Crippen molar-refractivity contribution in [3.05, 3.63) is 53.7 Å². The van der Waals surface area contributed by atoms with Crippen LogP contribution in [0, 0.1) is 5.92 Å². The van der Waals surface area contributed by atoms with E-state index in [0.717, 1.165) is 11.6 Å². The molecule has 0 aliphatic carbocycles. The van der Waals surface area contributed by atoms with Gasteiger partial charge < -0.3 is 9.64 Å². The third-order valence-corrected chi connectivity index (χ3v) is 5.40. The zero-order chi connectivity index (χ0) is 21.9. The highest BCUT2D eigenvalue weighted by Gasteiger charge is 2.33. The number of ketones is 1. The molecule has 0 N–H and O–H groups in total. The molecular formula is C23H27F3N2O2. The van der Waals surface area contributed by atoms with Crippen molar-refractivity contribution in [1.29, 1.82) is 0 Å². The summed E-state index contributed by atoms with van der Waals surface area (Å²) in [6.45, 7) is 6.92. The van der Waals surface area contributed by atoms with E-state index in [2.05, 4.69) is 4.98 Å². The normalized spacial score (nSPS) is 18.0. The number of carbonyl (C=O) groups is 1. The van der Waals surface area contributed by atoms with E-state index in [-0.39, 0.29) is 23.7 Å². The van der Waals surface area contributed by atoms with Crippen LogP contribution in [0.1, 0.15) is 50.8 Å². The molecule has 2 aromatic rings. The lowest BCUT2D eigenvalue weighted by Gasteiger charge is -2.19. The minimum Gasteiger partial charge on any atom is -0.489 e. The Morgan fingerprint density at radius 1 is 1.17 bits per heavy atom. The fourth-order valence-electron chi connectivity index (χ4n) is 3.51. The van der Waals surface area contributed by atoms with Gasteiger partial charge in [-0.2, -0.15) is 13.2 Å². The fourth-order valence-corrected chi connectivity index (χ4v) is 3.51. The topological polar surface area (TPSA) is 42.4 Å². The van der Waals surface area contributed by atoms with Crippen molar-refractivity contribution in [3.8, 4) is 5.75 Å². The van der Waals surface area contributed by atoms with Gasteiger partial charge in [-0.25, -0.2) is 4.98 Å². The number of alkyl halides is 3. The predicted octanol–water partition coefficient (Wildman–Crippen LogP) is 5.48. The van der Waals surface area contributed by atoms with E-state index in [1.165, 1.54) is 6.07 Å². The molecule has 1 aliphatic heterocycles. The molecule has 0 spiro atoms. The van der Waals surface area contributed by atoms with Gasteiger partial charge in [0.05, 0.1) is 6.54 Å². The van der Waals surface area contributed by atoms with Gasteiger partial charge in [-0.15, -0.1) is 0 Å². The number of benzene rings is 1. The Bertz CT molecular complexity index is 865. The molecule has 2 heterocycles. The number of nitrogens with zero attached hydrogens (tertiary/aromatic N) is 2. The van der Waals surface area contributed by atoms with Gasteiger partial charge in [-0.05, 0) is 35.7 Å². The second-order valence-corrected chi connectivity index (χ2v) is 8.15. The molecule has 1 saturated heterocycles. The second kappa shape index (κ2) is 9.06. The Balaban J connectivity index is 1.57. The van der Waals surface area contributed by atoms with Crippen LogP contribution >= 0.6 is 0 Å². The number of rotatable bonds is 7. The first-order chi connectivity index (χ1) is 14.1. The van der Waals surface area contributed by atoms with Gasteiger partial charge in [-0.3, -0.25) is 4.79 Å². The lowest BCUT2D eigenvalue weighted by molar-refractivity contribution is -0.141. The van der Waals surface area contributed by atoms with E-state index in [1.54, 1.807) is 6.07 Å². The van der Waals surface area contributed by atoms with Crippen molar-refractivity contribution in [2.24, 2.45) is 5.92 Å². The maximum absolute atomic E-state index is 12.9. The molecule has 2 atom stereocenters. The van der Waals surface area contributed by atoms with E-state index < -0.39 is 11.9 Å². The fraction of sp³-hybridized carbons (Fsp3) is 0.478. The lowest BCUT2D eigenvalue weighted by atomic mass is 9.92. The Labute approximate surface area is 175 Å². The Kier molecular flexibility index (Phi) is 6.68. The molecule has 1 fully saturated rings. The van der Waals surface area contributed by atoms with Gasteiger partial charge in [0.1, 0.15) is 29.1 Å². The van der Waals surface area contributed by atoms with E-state index >= 15 is 0 Å². The maximum atomic E-state index is 12.9. The van der Waals surface area contributed by atoms with Crippen LogP contribution in [-0.4, -0.2) is 30.0 Å². The highest BCUT2D eigenvalue weighted by atomic mass is 19.4. The van der Waals surface area contributed by atoms with Crippen molar-refractivity contribution < 1.29 is 22.7 Å². The van der Waals surface area contributed by atoms with Crippen molar-refractivity contribution in [2.75, 3.05) is 18.0 Å². The summed E-state index contributed by atoms with van der Waals surface area (Å²) in [6, 6.07) is 11.7. The summed E-state index contributed by atoms with van der Waals surface area (Å²) >= 11 is 0. The molecule has 30 heavy (non-hydrogen) atoms. The van der Waals surface area contributed by atoms with E-state index in [0.29, 0.717) is 37.5 Å². The maximum Gasteiger partial charge on any atom is 0.433 e. The number of aromatic nitrogens is 1. The van der Waals surface area contributed by atoms with Gasteiger partial charge in [0.15, 0.2) is 0 Å². The average Bonchev–Trinajstić information content (AvgIpc) is 3.16. The molecule has 7 heteroatoms. The molecule has 4 nitrogen and oxygen atoms in total. The van der Waals surface area contributed by atoms with Crippen molar-refractivity contribution in [1.82, 2.24) is 4.98 Å². The minimum atomic E-state index is -4.45. The third kappa shape index (κ3) is 5.52. The molecule has 1 aromatic heterocycles. The quantitative estimate of drug-likeness (QED) is 0.595. The van der Waals surface area contributed by atoms with Crippen molar-refractivity contribution in [2.45, 2.75) is 51.8 Å². The largest absolute Gasteiger partial charge is 0.489 e.